The second kappa shape index (κ2) is 6.82. The molecule has 0 aliphatic carbocycles. The fraction of sp³-hybridized carbons (Fsp3) is 0.375. The summed E-state index contributed by atoms with van der Waals surface area (Å²) in [6.45, 7) is 5.12. The number of furan rings is 1. The third kappa shape index (κ3) is 4.19. The zero-order valence-corrected chi connectivity index (χ0v) is 14.1. The van der Waals surface area contributed by atoms with Crippen LogP contribution in [-0.4, -0.2) is 20.1 Å². The first-order valence-corrected chi connectivity index (χ1v) is 8.70. The van der Waals surface area contributed by atoms with E-state index in [4.69, 9.17) is 4.42 Å². The summed E-state index contributed by atoms with van der Waals surface area (Å²) in [5, 5.41) is 10.1. The molecule has 1 unspecified atom stereocenters. The number of hydrogen-bond acceptors (Lipinski definition) is 4. The van der Waals surface area contributed by atoms with E-state index in [9.17, 15) is 17.9 Å². The van der Waals surface area contributed by atoms with Gasteiger partial charge in [-0.2, -0.15) is 0 Å². The van der Waals surface area contributed by atoms with Crippen LogP contribution in [0.3, 0.4) is 0 Å². The Labute approximate surface area is 135 Å². The minimum atomic E-state index is -3.74. The number of halogens is 1. The third-order valence-corrected chi connectivity index (χ3v) is 5.20. The summed E-state index contributed by atoms with van der Waals surface area (Å²) in [4.78, 5) is 0.0312. The van der Waals surface area contributed by atoms with Crippen LogP contribution in [-0.2, 0) is 10.0 Å². The molecule has 1 atom stereocenters. The van der Waals surface area contributed by atoms with Gasteiger partial charge in [0.05, 0.1) is 11.0 Å². The number of aliphatic hydroxyl groups excluding tert-OH is 1. The van der Waals surface area contributed by atoms with Gasteiger partial charge in [-0.1, -0.05) is 0 Å². The van der Waals surface area contributed by atoms with E-state index in [2.05, 4.69) is 4.72 Å². The maximum absolute atomic E-state index is 13.1. The number of hydrogen-bond donors (Lipinski definition) is 2. The van der Waals surface area contributed by atoms with E-state index >= 15 is 0 Å². The van der Waals surface area contributed by atoms with Gasteiger partial charge in [0.2, 0.25) is 10.0 Å². The first-order chi connectivity index (χ1) is 10.7. The molecule has 0 fully saturated rings. The Hall–Kier alpha value is -1.70. The molecule has 0 saturated carbocycles. The van der Waals surface area contributed by atoms with Crippen molar-refractivity contribution in [2.45, 2.75) is 38.2 Å². The fourth-order valence-corrected chi connectivity index (χ4v) is 3.73. The highest BCUT2D eigenvalue weighted by atomic mass is 32.2. The number of aryl methyl sites for hydroxylation is 3. The topological polar surface area (TPSA) is 79.5 Å². The molecule has 1 heterocycles. The SMILES string of the molecule is Cc1cc(C(O)CCNS(=O)(=O)c2ccc(F)cc2C)c(C)o1. The zero-order chi connectivity index (χ0) is 17.2. The lowest BCUT2D eigenvalue weighted by Gasteiger charge is -2.12. The summed E-state index contributed by atoms with van der Waals surface area (Å²) < 4.78 is 45.3. The molecule has 1 aromatic carbocycles. The molecule has 0 aliphatic rings. The number of sulfonamides is 1. The zero-order valence-electron chi connectivity index (χ0n) is 13.3. The van der Waals surface area contributed by atoms with Crippen LogP contribution in [0.15, 0.2) is 33.6 Å². The summed E-state index contributed by atoms with van der Waals surface area (Å²) in [6, 6.07) is 5.24. The quantitative estimate of drug-likeness (QED) is 0.847. The molecular formula is C16H20FNO4S. The normalized spacial score (nSPS) is 13.3. The van der Waals surface area contributed by atoms with E-state index in [-0.39, 0.29) is 17.9 Å². The second-order valence-electron chi connectivity index (χ2n) is 5.48. The van der Waals surface area contributed by atoms with Crippen molar-refractivity contribution >= 4 is 10.0 Å². The third-order valence-electron chi connectivity index (χ3n) is 3.57. The van der Waals surface area contributed by atoms with Gasteiger partial charge in [-0.3, -0.25) is 0 Å². The molecular weight excluding hydrogens is 321 g/mol. The Morgan fingerprint density at radius 2 is 1.96 bits per heavy atom. The Bertz CT molecular complexity index is 798. The van der Waals surface area contributed by atoms with Crippen LogP contribution in [0.25, 0.3) is 0 Å². The van der Waals surface area contributed by atoms with Crippen LogP contribution < -0.4 is 4.72 Å². The Balaban J connectivity index is 2.01. The van der Waals surface area contributed by atoms with Gasteiger partial charge >= 0.3 is 0 Å². The summed E-state index contributed by atoms with van der Waals surface area (Å²) >= 11 is 0. The van der Waals surface area contributed by atoms with E-state index in [0.717, 1.165) is 6.07 Å². The van der Waals surface area contributed by atoms with E-state index in [1.165, 1.54) is 19.1 Å². The highest BCUT2D eigenvalue weighted by molar-refractivity contribution is 7.89. The number of rotatable bonds is 6. The minimum absolute atomic E-state index is 0.0312. The highest BCUT2D eigenvalue weighted by Crippen LogP contribution is 2.24. The van der Waals surface area contributed by atoms with Gasteiger partial charge in [-0.25, -0.2) is 17.5 Å². The number of aliphatic hydroxyl groups is 1. The smallest absolute Gasteiger partial charge is 0.240 e. The summed E-state index contributed by atoms with van der Waals surface area (Å²) in [7, 11) is -3.74. The lowest BCUT2D eigenvalue weighted by atomic mass is 10.1. The predicted octanol–water partition coefficient (Wildman–Crippen LogP) is 2.75. The first kappa shape index (κ1) is 17.7. The van der Waals surface area contributed by atoms with Gasteiger partial charge in [0.25, 0.3) is 0 Å². The van der Waals surface area contributed by atoms with Crippen LogP contribution in [0, 0.1) is 26.6 Å². The van der Waals surface area contributed by atoms with Gasteiger partial charge in [0.1, 0.15) is 17.3 Å². The molecule has 7 heteroatoms. The largest absolute Gasteiger partial charge is 0.466 e. The fourth-order valence-electron chi connectivity index (χ4n) is 2.46. The molecule has 0 radical (unpaired) electrons. The molecule has 0 spiro atoms. The van der Waals surface area contributed by atoms with Crippen molar-refractivity contribution < 1.29 is 22.3 Å². The molecule has 126 valence electrons. The van der Waals surface area contributed by atoms with E-state index in [0.29, 0.717) is 22.6 Å². The van der Waals surface area contributed by atoms with Gasteiger partial charge in [-0.05, 0) is 57.0 Å². The summed E-state index contributed by atoms with van der Waals surface area (Å²) in [5.74, 6) is 0.828. The molecule has 0 aliphatic heterocycles. The van der Waals surface area contributed by atoms with E-state index in [1.807, 2.05) is 0 Å². The number of benzene rings is 1. The van der Waals surface area contributed by atoms with Gasteiger partial charge in [0.15, 0.2) is 0 Å². The summed E-state index contributed by atoms with van der Waals surface area (Å²) in [6.07, 6.45) is -0.608. The standard InChI is InChI=1S/C16H20FNO4S/c1-10-8-13(17)4-5-16(10)23(20,21)18-7-6-15(19)14-9-11(2)22-12(14)3/h4-5,8-9,15,18-19H,6-7H2,1-3H3. The Kier molecular flexibility index (Phi) is 5.23. The molecule has 2 N–H and O–H groups in total. The van der Waals surface area contributed by atoms with Crippen molar-refractivity contribution in [3.8, 4) is 0 Å². The Morgan fingerprint density at radius 3 is 2.52 bits per heavy atom. The first-order valence-electron chi connectivity index (χ1n) is 7.21. The van der Waals surface area contributed by atoms with Crippen molar-refractivity contribution in [2.75, 3.05) is 6.54 Å². The second-order valence-corrected chi connectivity index (χ2v) is 7.22. The van der Waals surface area contributed by atoms with Crippen molar-refractivity contribution in [1.82, 2.24) is 4.72 Å². The molecule has 0 saturated heterocycles. The monoisotopic (exact) mass is 341 g/mol. The van der Waals surface area contributed by atoms with Crippen LogP contribution in [0.5, 0.6) is 0 Å². The highest BCUT2D eigenvalue weighted by Gasteiger charge is 2.19. The lowest BCUT2D eigenvalue weighted by molar-refractivity contribution is 0.167. The van der Waals surface area contributed by atoms with Crippen LogP contribution in [0.2, 0.25) is 0 Å². The van der Waals surface area contributed by atoms with E-state index < -0.39 is 21.9 Å². The molecule has 5 nitrogen and oxygen atoms in total. The predicted molar refractivity (Wildman–Crippen MR) is 84.1 cm³/mol. The molecule has 23 heavy (non-hydrogen) atoms. The molecule has 2 aromatic rings. The van der Waals surface area contributed by atoms with Crippen LogP contribution >= 0.6 is 0 Å². The van der Waals surface area contributed by atoms with Crippen LogP contribution in [0.1, 0.15) is 35.2 Å². The molecule has 0 amide bonds. The molecule has 1 aromatic heterocycles. The maximum Gasteiger partial charge on any atom is 0.240 e. The lowest BCUT2D eigenvalue weighted by Crippen LogP contribution is -2.26. The van der Waals surface area contributed by atoms with Gasteiger partial charge in [-0.15, -0.1) is 0 Å². The average molecular weight is 341 g/mol. The average Bonchev–Trinajstić information content (AvgIpc) is 2.77. The van der Waals surface area contributed by atoms with E-state index in [1.54, 1.807) is 19.9 Å². The van der Waals surface area contributed by atoms with Gasteiger partial charge in [0, 0.05) is 12.1 Å². The number of nitrogens with one attached hydrogen (secondary N) is 1. The minimum Gasteiger partial charge on any atom is -0.466 e. The van der Waals surface area contributed by atoms with Crippen molar-refractivity contribution in [1.29, 1.82) is 0 Å². The Morgan fingerprint density at radius 1 is 1.26 bits per heavy atom. The van der Waals surface area contributed by atoms with Crippen molar-refractivity contribution in [3.63, 3.8) is 0 Å². The molecule has 2 rings (SSSR count). The van der Waals surface area contributed by atoms with Crippen LogP contribution in [0.4, 0.5) is 4.39 Å². The summed E-state index contributed by atoms with van der Waals surface area (Å²) in [5.41, 5.74) is 0.985. The van der Waals surface area contributed by atoms with Gasteiger partial charge < -0.3 is 9.52 Å². The molecule has 0 bridgehead atoms. The van der Waals surface area contributed by atoms with Crippen molar-refractivity contribution in [2.24, 2.45) is 0 Å². The van der Waals surface area contributed by atoms with Crippen molar-refractivity contribution in [3.05, 3.63) is 52.7 Å². The maximum atomic E-state index is 13.1.